The number of rotatable bonds is 2. The summed E-state index contributed by atoms with van der Waals surface area (Å²) in [5, 5.41) is 3.91. The Morgan fingerprint density at radius 2 is 2.29 bits per heavy atom. The Bertz CT molecular complexity index is 568. The summed E-state index contributed by atoms with van der Waals surface area (Å²) in [6, 6.07) is 3.98. The minimum absolute atomic E-state index is 0.240. The summed E-state index contributed by atoms with van der Waals surface area (Å²) in [6.07, 6.45) is 0.906. The molecule has 0 unspecified atom stereocenters. The predicted octanol–water partition coefficient (Wildman–Crippen LogP) is 1.89. The van der Waals surface area contributed by atoms with E-state index in [1.807, 2.05) is 6.07 Å². The highest BCUT2D eigenvalue weighted by molar-refractivity contribution is 9.10. The third-order valence-corrected chi connectivity index (χ3v) is 3.09. The molecule has 2 N–H and O–H groups in total. The van der Waals surface area contributed by atoms with Crippen LogP contribution < -0.4 is 10.5 Å². The maximum atomic E-state index is 5.61. The molecule has 1 aromatic carbocycles. The van der Waals surface area contributed by atoms with Crippen LogP contribution in [-0.2, 0) is 13.0 Å². The number of nitrogens with zero attached hydrogens (tertiary/aromatic N) is 2. The molecule has 1 aliphatic rings. The number of nitrogens with two attached hydrogens (primary N) is 1. The molecule has 0 fully saturated rings. The van der Waals surface area contributed by atoms with E-state index >= 15 is 0 Å². The molecule has 0 aliphatic carbocycles. The number of aromatic nitrogens is 2. The van der Waals surface area contributed by atoms with E-state index in [4.69, 9.17) is 15.0 Å². The molecule has 88 valence electrons. The van der Waals surface area contributed by atoms with E-state index in [1.165, 1.54) is 0 Å². The largest absolute Gasteiger partial charge is 0.492 e. The van der Waals surface area contributed by atoms with Crippen molar-refractivity contribution < 1.29 is 9.26 Å². The summed E-state index contributed by atoms with van der Waals surface area (Å²) >= 11 is 3.47. The maximum Gasteiger partial charge on any atom is 0.240 e. The summed E-state index contributed by atoms with van der Waals surface area (Å²) in [5.41, 5.74) is 7.45. The molecule has 0 amide bonds. The summed E-state index contributed by atoms with van der Waals surface area (Å²) in [4.78, 5) is 4.21. The van der Waals surface area contributed by atoms with Gasteiger partial charge in [-0.1, -0.05) is 21.1 Å². The highest BCUT2D eigenvalue weighted by Crippen LogP contribution is 2.38. The maximum absolute atomic E-state index is 5.61. The quantitative estimate of drug-likeness (QED) is 0.916. The van der Waals surface area contributed by atoms with Gasteiger partial charge in [-0.2, -0.15) is 4.98 Å². The molecule has 5 nitrogen and oxygen atoms in total. The number of hydrogen-bond acceptors (Lipinski definition) is 5. The summed E-state index contributed by atoms with van der Waals surface area (Å²) in [7, 11) is 0. The van der Waals surface area contributed by atoms with Crippen LogP contribution >= 0.6 is 15.9 Å². The van der Waals surface area contributed by atoms with Gasteiger partial charge in [-0.3, -0.25) is 0 Å². The number of benzene rings is 1. The third kappa shape index (κ3) is 1.83. The molecule has 0 spiro atoms. The Morgan fingerprint density at radius 1 is 1.41 bits per heavy atom. The monoisotopic (exact) mass is 295 g/mol. The summed E-state index contributed by atoms with van der Waals surface area (Å²) < 4.78 is 11.6. The number of fused-ring (bicyclic) bond motifs is 1. The van der Waals surface area contributed by atoms with Gasteiger partial charge in [0.1, 0.15) is 5.75 Å². The van der Waals surface area contributed by atoms with Crippen LogP contribution in [0.4, 0.5) is 0 Å². The van der Waals surface area contributed by atoms with Crippen LogP contribution in [0.3, 0.4) is 0 Å². The molecule has 1 aliphatic heterocycles. The second-order valence-electron chi connectivity index (χ2n) is 3.76. The van der Waals surface area contributed by atoms with Gasteiger partial charge in [0.15, 0.2) is 0 Å². The highest BCUT2D eigenvalue weighted by Gasteiger charge is 2.21. The molecule has 0 saturated carbocycles. The average molecular weight is 296 g/mol. The van der Waals surface area contributed by atoms with E-state index in [9.17, 15) is 0 Å². The summed E-state index contributed by atoms with van der Waals surface area (Å²) in [6.45, 7) is 0.935. The predicted molar refractivity (Wildman–Crippen MR) is 64.5 cm³/mol. The summed E-state index contributed by atoms with van der Waals surface area (Å²) in [5.74, 6) is 1.79. The van der Waals surface area contributed by atoms with Gasteiger partial charge in [0, 0.05) is 10.9 Å². The molecule has 0 atom stereocenters. The SMILES string of the molecule is NCc1nc(-c2cc(Br)cc3c2OCC3)no1. The zero-order chi connectivity index (χ0) is 11.8. The van der Waals surface area contributed by atoms with E-state index < -0.39 is 0 Å². The normalized spacial score (nSPS) is 13.5. The molecule has 2 heterocycles. The van der Waals surface area contributed by atoms with Crippen LogP contribution in [0, 0.1) is 0 Å². The molecule has 0 saturated heterocycles. The van der Waals surface area contributed by atoms with Crippen molar-refractivity contribution in [2.45, 2.75) is 13.0 Å². The molecular weight excluding hydrogens is 286 g/mol. The highest BCUT2D eigenvalue weighted by atomic mass is 79.9. The zero-order valence-electron chi connectivity index (χ0n) is 8.94. The van der Waals surface area contributed by atoms with Crippen LogP contribution in [-0.4, -0.2) is 16.7 Å². The van der Waals surface area contributed by atoms with Crippen LogP contribution in [0.25, 0.3) is 11.4 Å². The fraction of sp³-hybridized carbons (Fsp3) is 0.273. The van der Waals surface area contributed by atoms with Crippen LogP contribution in [0.5, 0.6) is 5.75 Å². The lowest BCUT2D eigenvalue weighted by molar-refractivity contribution is 0.357. The molecule has 2 aromatic rings. The standard InChI is InChI=1S/C11H10BrN3O2/c12-7-3-6-1-2-16-10(6)8(4-7)11-14-9(5-13)17-15-11/h3-4H,1-2,5,13H2. The Hall–Kier alpha value is -1.40. The lowest BCUT2D eigenvalue weighted by atomic mass is 10.1. The van der Waals surface area contributed by atoms with Crippen molar-refractivity contribution in [3.05, 3.63) is 28.1 Å². The van der Waals surface area contributed by atoms with Gasteiger partial charge in [-0.25, -0.2) is 0 Å². The molecule has 17 heavy (non-hydrogen) atoms. The van der Waals surface area contributed by atoms with E-state index in [-0.39, 0.29) is 6.54 Å². The van der Waals surface area contributed by atoms with Crippen LogP contribution in [0.2, 0.25) is 0 Å². The van der Waals surface area contributed by atoms with Gasteiger partial charge in [0.2, 0.25) is 11.7 Å². The minimum atomic E-state index is 0.240. The molecule has 0 bridgehead atoms. The van der Waals surface area contributed by atoms with E-state index in [0.29, 0.717) is 18.3 Å². The van der Waals surface area contributed by atoms with Crippen molar-refractivity contribution in [1.29, 1.82) is 0 Å². The first-order valence-electron chi connectivity index (χ1n) is 5.26. The number of halogens is 1. The van der Waals surface area contributed by atoms with E-state index in [2.05, 4.69) is 32.1 Å². The van der Waals surface area contributed by atoms with Crippen molar-refractivity contribution in [1.82, 2.24) is 10.1 Å². The Balaban J connectivity index is 2.13. The molecule has 6 heteroatoms. The fourth-order valence-corrected chi connectivity index (χ4v) is 2.39. The number of ether oxygens (including phenoxy) is 1. The van der Waals surface area contributed by atoms with Gasteiger partial charge in [-0.05, 0) is 17.7 Å². The first-order valence-corrected chi connectivity index (χ1v) is 6.05. The van der Waals surface area contributed by atoms with Gasteiger partial charge < -0.3 is 15.0 Å². The van der Waals surface area contributed by atoms with Crippen LogP contribution in [0.1, 0.15) is 11.5 Å². The molecular formula is C11H10BrN3O2. The van der Waals surface area contributed by atoms with Gasteiger partial charge in [0.25, 0.3) is 0 Å². The Kier molecular flexibility index (Phi) is 2.60. The Morgan fingerprint density at radius 3 is 3.06 bits per heavy atom. The van der Waals surface area contributed by atoms with E-state index in [1.54, 1.807) is 0 Å². The van der Waals surface area contributed by atoms with Crippen molar-refractivity contribution in [2.24, 2.45) is 5.73 Å². The third-order valence-electron chi connectivity index (χ3n) is 2.63. The molecule has 0 radical (unpaired) electrons. The van der Waals surface area contributed by atoms with Crippen molar-refractivity contribution >= 4 is 15.9 Å². The first kappa shape index (κ1) is 10.7. The second-order valence-corrected chi connectivity index (χ2v) is 4.67. The van der Waals surface area contributed by atoms with Crippen LogP contribution in [0.15, 0.2) is 21.1 Å². The first-order chi connectivity index (χ1) is 8.28. The fourth-order valence-electron chi connectivity index (χ4n) is 1.88. The minimum Gasteiger partial charge on any atom is -0.492 e. The lowest BCUT2D eigenvalue weighted by Gasteiger charge is -2.04. The molecule has 3 rings (SSSR count). The number of hydrogen-bond donors (Lipinski definition) is 1. The second kappa shape index (κ2) is 4.12. The topological polar surface area (TPSA) is 74.2 Å². The van der Waals surface area contributed by atoms with Crippen molar-refractivity contribution in [2.75, 3.05) is 6.61 Å². The molecule has 1 aromatic heterocycles. The van der Waals surface area contributed by atoms with E-state index in [0.717, 1.165) is 27.8 Å². The Labute approximate surface area is 106 Å². The zero-order valence-corrected chi connectivity index (χ0v) is 10.5. The smallest absolute Gasteiger partial charge is 0.240 e. The van der Waals surface area contributed by atoms with Gasteiger partial charge in [-0.15, -0.1) is 0 Å². The lowest BCUT2D eigenvalue weighted by Crippen LogP contribution is -1.96. The average Bonchev–Trinajstić information content (AvgIpc) is 2.95. The van der Waals surface area contributed by atoms with Gasteiger partial charge in [0.05, 0.1) is 18.7 Å². The van der Waals surface area contributed by atoms with Crippen molar-refractivity contribution in [3.63, 3.8) is 0 Å². The van der Waals surface area contributed by atoms with Crippen molar-refractivity contribution in [3.8, 4) is 17.1 Å². The van der Waals surface area contributed by atoms with Gasteiger partial charge >= 0.3 is 0 Å².